The Kier molecular flexibility index (Phi) is 3.34. The first-order chi connectivity index (χ1) is 9.56. The Hall–Kier alpha value is -1.68. The van der Waals surface area contributed by atoms with E-state index >= 15 is 0 Å². The lowest BCUT2D eigenvalue weighted by Gasteiger charge is -2.26. The number of hydrogen-bond donors (Lipinski definition) is 0. The maximum Gasteiger partial charge on any atom is 0.227 e. The van der Waals surface area contributed by atoms with Gasteiger partial charge >= 0.3 is 0 Å². The number of aryl methyl sites for hydroxylation is 1. The van der Waals surface area contributed by atoms with Crippen molar-refractivity contribution in [1.29, 1.82) is 0 Å². The van der Waals surface area contributed by atoms with Gasteiger partial charge in [-0.15, -0.1) is 0 Å². The van der Waals surface area contributed by atoms with Crippen LogP contribution in [0.2, 0.25) is 0 Å². The van der Waals surface area contributed by atoms with Crippen LogP contribution in [0.3, 0.4) is 0 Å². The highest BCUT2D eigenvalue weighted by Crippen LogP contribution is 2.29. The fourth-order valence-electron chi connectivity index (χ4n) is 2.99. The first-order valence-corrected chi connectivity index (χ1v) is 7.15. The molecule has 0 spiro atoms. The van der Waals surface area contributed by atoms with Crippen LogP contribution in [-0.4, -0.2) is 30.9 Å². The molecule has 3 rings (SSSR count). The van der Waals surface area contributed by atoms with Gasteiger partial charge in [-0.25, -0.2) is 0 Å². The second kappa shape index (κ2) is 5.02. The summed E-state index contributed by atoms with van der Waals surface area (Å²) in [5, 5.41) is 0. The summed E-state index contributed by atoms with van der Waals surface area (Å²) in [5.41, 5.74) is 2.69. The molecule has 0 radical (unpaired) electrons. The fraction of sp³-hybridized carbons (Fsp3) is 0.500. The number of benzene rings is 1. The second-order valence-corrected chi connectivity index (χ2v) is 5.67. The number of amides is 1. The van der Waals surface area contributed by atoms with E-state index in [-0.39, 0.29) is 23.9 Å². The third-order valence-corrected chi connectivity index (χ3v) is 4.23. The summed E-state index contributed by atoms with van der Waals surface area (Å²) in [4.78, 5) is 25.7. The summed E-state index contributed by atoms with van der Waals surface area (Å²) in [6, 6.07) is 5.60. The summed E-state index contributed by atoms with van der Waals surface area (Å²) in [5.74, 6) is 0.196. The average Bonchev–Trinajstić information content (AvgIpc) is 2.88. The predicted octanol–water partition coefficient (Wildman–Crippen LogP) is 2.35. The maximum absolute atomic E-state index is 12.4. The molecule has 0 N–H and O–H groups in total. The molecule has 1 aromatic rings. The molecule has 106 valence electrons. The lowest BCUT2D eigenvalue weighted by atomic mass is 9.96. The van der Waals surface area contributed by atoms with Gasteiger partial charge in [0.2, 0.25) is 5.91 Å². The van der Waals surface area contributed by atoms with Gasteiger partial charge in [-0.3, -0.25) is 9.59 Å². The number of Topliss-reactive ketones (excluding diaryl/α,β-unsaturated/α-hetero) is 1. The molecule has 2 atom stereocenters. The van der Waals surface area contributed by atoms with Gasteiger partial charge in [0.25, 0.3) is 0 Å². The van der Waals surface area contributed by atoms with E-state index in [4.69, 9.17) is 4.74 Å². The van der Waals surface area contributed by atoms with Gasteiger partial charge in [0.15, 0.2) is 5.78 Å². The zero-order chi connectivity index (χ0) is 14.3. The van der Waals surface area contributed by atoms with E-state index in [1.54, 1.807) is 11.9 Å². The molecule has 2 aliphatic rings. The van der Waals surface area contributed by atoms with Gasteiger partial charge < -0.3 is 9.64 Å². The molecule has 1 saturated heterocycles. The quantitative estimate of drug-likeness (QED) is 0.777. The van der Waals surface area contributed by atoms with Crippen LogP contribution in [0, 0.1) is 0 Å². The van der Waals surface area contributed by atoms with Crippen molar-refractivity contribution in [2.45, 2.75) is 44.8 Å². The van der Waals surface area contributed by atoms with Crippen LogP contribution in [0.5, 0.6) is 0 Å². The Bertz CT molecular complexity index is 567. The third kappa shape index (κ3) is 2.24. The largest absolute Gasteiger partial charge is 0.367 e. The Balaban J connectivity index is 1.86. The molecule has 0 saturated carbocycles. The normalized spacial score (nSPS) is 25.7. The molecule has 0 aliphatic carbocycles. The van der Waals surface area contributed by atoms with E-state index in [2.05, 4.69) is 0 Å². The highest BCUT2D eigenvalue weighted by molar-refractivity contribution is 6.01. The molecule has 2 aliphatic heterocycles. The van der Waals surface area contributed by atoms with Crippen LogP contribution in [0.1, 0.15) is 42.1 Å². The first-order valence-electron chi connectivity index (χ1n) is 7.15. The minimum absolute atomic E-state index is 0.0664. The van der Waals surface area contributed by atoms with Crippen LogP contribution < -0.4 is 4.90 Å². The van der Waals surface area contributed by atoms with E-state index in [1.807, 2.05) is 25.1 Å². The molecule has 1 aromatic carbocycles. The van der Waals surface area contributed by atoms with Gasteiger partial charge in [0.05, 0.1) is 6.10 Å². The molecule has 4 nitrogen and oxygen atoms in total. The number of ketones is 1. The average molecular weight is 273 g/mol. The molecule has 2 unspecified atom stereocenters. The summed E-state index contributed by atoms with van der Waals surface area (Å²) >= 11 is 0. The molecule has 1 fully saturated rings. The summed E-state index contributed by atoms with van der Waals surface area (Å²) in [6.07, 6.45) is 2.84. The van der Waals surface area contributed by atoms with Crippen molar-refractivity contribution in [1.82, 2.24) is 0 Å². The van der Waals surface area contributed by atoms with Crippen LogP contribution in [-0.2, 0) is 16.0 Å². The summed E-state index contributed by atoms with van der Waals surface area (Å²) in [7, 11) is 1.78. The topological polar surface area (TPSA) is 46.6 Å². The summed E-state index contributed by atoms with van der Waals surface area (Å²) in [6.45, 7) is 2.00. The molecule has 2 heterocycles. The van der Waals surface area contributed by atoms with Gasteiger partial charge in [0.1, 0.15) is 6.10 Å². The molecular formula is C16H19NO3. The lowest BCUT2D eigenvalue weighted by molar-refractivity contribution is -0.118. The number of rotatable bonds is 2. The molecule has 1 amide bonds. The lowest BCUT2D eigenvalue weighted by Crippen LogP contribution is -2.31. The first kappa shape index (κ1) is 13.3. The predicted molar refractivity (Wildman–Crippen MR) is 76.1 cm³/mol. The second-order valence-electron chi connectivity index (χ2n) is 5.67. The van der Waals surface area contributed by atoms with Crippen LogP contribution in [0.4, 0.5) is 5.69 Å². The van der Waals surface area contributed by atoms with Gasteiger partial charge in [0, 0.05) is 24.7 Å². The Morgan fingerprint density at radius 3 is 2.80 bits per heavy atom. The zero-order valence-corrected chi connectivity index (χ0v) is 11.9. The summed E-state index contributed by atoms with van der Waals surface area (Å²) < 4.78 is 5.65. The van der Waals surface area contributed by atoms with Crippen molar-refractivity contribution in [2.24, 2.45) is 0 Å². The number of fused-ring (bicyclic) bond motifs is 1. The number of nitrogens with zero attached hydrogens (tertiary/aromatic N) is 1. The van der Waals surface area contributed by atoms with E-state index in [0.717, 1.165) is 24.1 Å². The van der Waals surface area contributed by atoms with E-state index in [9.17, 15) is 9.59 Å². The molecule has 0 bridgehead atoms. The van der Waals surface area contributed by atoms with Crippen LogP contribution in [0.15, 0.2) is 18.2 Å². The number of ether oxygens (including phenoxy) is 1. The van der Waals surface area contributed by atoms with Gasteiger partial charge in [-0.1, -0.05) is 0 Å². The van der Waals surface area contributed by atoms with E-state index < -0.39 is 0 Å². The fourth-order valence-corrected chi connectivity index (χ4v) is 2.99. The molecular weight excluding hydrogens is 254 g/mol. The van der Waals surface area contributed by atoms with Crippen molar-refractivity contribution in [3.05, 3.63) is 29.3 Å². The van der Waals surface area contributed by atoms with Crippen molar-refractivity contribution in [3.8, 4) is 0 Å². The van der Waals surface area contributed by atoms with Crippen LogP contribution in [0.25, 0.3) is 0 Å². The van der Waals surface area contributed by atoms with Crippen molar-refractivity contribution >= 4 is 17.4 Å². The highest BCUT2D eigenvalue weighted by atomic mass is 16.5. The molecule has 0 aromatic heterocycles. The number of carbonyl (C=O) groups is 2. The SMILES string of the molecule is CC1CCC(C(=O)c2ccc3c(c2)CCC(=O)N3C)O1. The molecule has 4 heteroatoms. The smallest absolute Gasteiger partial charge is 0.227 e. The Morgan fingerprint density at radius 1 is 1.30 bits per heavy atom. The highest BCUT2D eigenvalue weighted by Gasteiger charge is 2.30. The standard InChI is InChI=1S/C16H19NO3/c1-10-3-7-14(20-10)16(19)12-4-6-13-11(9-12)5-8-15(18)17(13)2/h4,6,9-10,14H,3,5,7-8H2,1-2H3. The van der Waals surface area contributed by atoms with Crippen molar-refractivity contribution < 1.29 is 14.3 Å². The minimum atomic E-state index is -0.300. The molecule has 20 heavy (non-hydrogen) atoms. The Morgan fingerprint density at radius 2 is 2.10 bits per heavy atom. The minimum Gasteiger partial charge on any atom is -0.367 e. The maximum atomic E-state index is 12.4. The monoisotopic (exact) mass is 273 g/mol. The van der Waals surface area contributed by atoms with Gasteiger partial charge in [-0.05, 0) is 49.9 Å². The number of carbonyl (C=O) groups excluding carboxylic acids is 2. The number of anilines is 1. The number of hydrogen-bond acceptors (Lipinski definition) is 3. The van der Waals surface area contributed by atoms with E-state index in [1.165, 1.54) is 0 Å². The zero-order valence-electron chi connectivity index (χ0n) is 11.9. The van der Waals surface area contributed by atoms with Crippen LogP contribution >= 0.6 is 0 Å². The van der Waals surface area contributed by atoms with Gasteiger partial charge in [-0.2, -0.15) is 0 Å². The van der Waals surface area contributed by atoms with Crippen molar-refractivity contribution in [2.75, 3.05) is 11.9 Å². The van der Waals surface area contributed by atoms with Crippen molar-refractivity contribution in [3.63, 3.8) is 0 Å². The van der Waals surface area contributed by atoms with E-state index in [0.29, 0.717) is 18.4 Å². The third-order valence-electron chi connectivity index (χ3n) is 4.23. The Labute approximate surface area is 118 Å².